The molecular weight excluding hydrogens is 340 g/mol. The maximum absolute atomic E-state index is 12.5. The van der Waals surface area contributed by atoms with Gasteiger partial charge in [0.25, 0.3) is 5.91 Å². The predicted molar refractivity (Wildman–Crippen MR) is 94.5 cm³/mol. The lowest BCUT2D eigenvalue weighted by molar-refractivity contribution is -0.138. The van der Waals surface area contributed by atoms with E-state index in [-0.39, 0.29) is 25.0 Å². The lowest BCUT2D eigenvalue weighted by Gasteiger charge is -2.36. The van der Waals surface area contributed by atoms with E-state index in [9.17, 15) is 14.7 Å². The first-order valence-corrected chi connectivity index (χ1v) is 8.56. The lowest BCUT2D eigenvalue weighted by atomic mass is 10.0. The van der Waals surface area contributed by atoms with Gasteiger partial charge in [0, 0.05) is 25.8 Å². The zero-order chi connectivity index (χ0) is 19.1. The van der Waals surface area contributed by atoms with Crippen molar-refractivity contribution < 1.29 is 28.9 Å². The Bertz CT molecular complexity index is 636. The topological polar surface area (TPSA) is 97.3 Å². The van der Waals surface area contributed by atoms with Crippen LogP contribution >= 0.6 is 0 Å². The van der Waals surface area contributed by atoms with Crippen LogP contribution in [-0.2, 0) is 9.53 Å². The van der Waals surface area contributed by atoms with Crippen LogP contribution in [0.2, 0.25) is 0 Å². The number of aliphatic hydroxyl groups is 1. The van der Waals surface area contributed by atoms with Crippen molar-refractivity contribution in [2.75, 3.05) is 40.5 Å². The Labute approximate surface area is 153 Å². The molecule has 1 aliphatic heterocycles. The van der Waals surface area contributed by atoms with Crippen LogP contribution in [0.1, 0.15) is 23.7 Å². The molecule has 0 aromatic heterocycles. The fraction of sp³-hybridized carbons (Fsp3) is 0.556. The third-order valence-corrected chi connectivity index (χ3v) is 4.24. The molecule has 1 aliphatic rings. The van der Waals surface area contributed by atoms with Crippen LogP contribution in [0.4, 0.5) is 0 Å². The van der Waals surface area contributed by atoms with Gasteiger partial charge in [0.1, 0.15) is 6.61 Å². The number of rotatable bonds is 7. The summed E-state index contributed by atoms with van der Waals surface area (Å²) in [6.07, 6.45) is -0.366. The number of nitrogens with zero attached hydrogens (tertiary/aromatic N) is 1. The summed E-state index contributed by atoms with van der Waals surface area (Å²) in [6.45, 7) is 2.96. The number of hydrogen-bond acceptors (Lipinski definition) is 6. The first-order valence-electron chi connectivity index (χ1n) is 8.56. The number of piperidine rings is 1. The van der Waals surface area contributed by atoms with Gasteiger partial charge in [-0.05, 0) is 31.5 Å². The molecule has 0 saturated carbocycles. The van der Waals surface area contributed by atoms with Crippen molar-refractivity contribution in [3.05, 3.63) is 23.8 Å². The van der Waals surface area contributed by atoms with Crippen molar-refractivity contribution in [2.45, 2.75) is 25.5 Å². The van der Waals surface area contributed by atoms with Gasteiger partial charge in [-0.2, -0.15) is 0 Å². The molecule has 1 saturated heterocycles. The average Bonchev–Trinajstić information content (AvgIpc) is 2.64. The summed E-state index contributed by atoms with van der Waals surface area (Å²) in [7, 11) is 2.96. The standard InChI is InChI=1S/C18H26N2O6/c1-4-26-15-6-5-12(9-16(15)25-3)18(23)19-13-7-8-20(10-14(13)21)17(22)11-24-2/h5-6,9,13-14,21H,4,7-8,10-11H2,1-3H3,(H,19,23)/t13-,14-/m1/s1. The molecule has 0 radical (unpaired) electrons. The fourth-order valence-electron chi connectivity index (χ4n) is 2.88. The number of likely N-dealkylation sites (tertiary alicyclic amines) is 1. The van der Waals surface area contributed by atoms with E-state index in [1.807, 2.05) is 6.92 Å². The Hall–Kier alpha value is -2.32. The number of carbonyl (C=O) groups is 2. The van der Waals surface area contributed by atoms with Gasteiger partial charge in [0.15, 0.2) is 11.5 Å². The highest BCUT2D eigenvalue weighted by atomic mass is 16.5. The van der Waals surface area contributed by atoms with Crippen LogP contribution in [0, 0.1) is 0 Å². The second kappa shape index (κ2) is 9.40. The summed E-state index contributed by atoms with van der Waals surface area (Å²) < 4.78 is 15.5. The molecule has 1 fully saturated rings. The van der Waals surface area contributed by atoms with E-state index < -0.39 is 12.1 Å². The number of carbonyl (C=O) groups excluding carboxylic acids is 2. The zero-order valence-electron chi connectivity index (χ0n) is 15.4. The van der Waals surface area contributed by atoms with E-state index in [0.29, 0.717) is 36.6 Å². The van der Waals surface area contributed by atoms with Gasteiger partial charge in [-0.25, -0.2) is 0 Å². The van der Waals surface area contributed by atoms with E-state index >= 15 is 0 Å². The predicted octanol–water partition coefficient (Wildman–Crippen LogP) is 0.432. The molecule has 1 heterocycles. The van der Waals surface area contributed by atoms with E-state index in [1.165, 1.54) is 19.1 Å². The Morgan fingerprint density at radius 3 is 2.69 bits per heavy atom. The fourth-order valence-corrected chi connectivity index (χ4v) is 2.88. The Balaban J connectivity index is 1.98. The number of aliphatic hydroxyl groups excluding tert-OH is 1. The number of nitrogens with one attached hydrogen (secondary N) is 1. The Kier molecular flexibility index (Phi) is 7.23. The van der Waals surface area contributed by atoms with Crippen molar-refractivity contribution in [2.24, 2.45) is 0 Å². The monoisotopic (exact) mass is 366 g/mol. The van der Waals surface area contributed by atoms with Gasteiger partial charge >= 0.3 is 0 Å². The van der Waals surface area contributed by atoms with Crippen LogP contribution in [0.3, 0.4) is 0 Å². The molecule has 0 aliphatic carbocycles. The quantitative estimate of drug-likeness (QED) is 0.726. The number of hydrogen-bond donors (Lipinski definition) is 2. The van der Waals surface area contributed by atoms with Crippen LogP contribution in [-0.4, -0.2) is 74.5 Å². The summed E-state index contributed by atoms with van der Waals surface area (Å²) in [4.78, 5) is 25.9. The molecule has 1 aromatic rings. The van der Waals surface area contributed by atoms with Gasteiger partial charge in [-0.3, -0.25) is 9.59 Å². The summed E-state index contributed by atoms with van der Waals surface area (Å²) in [5.74, 6) is 0.552. The van der Waals surface area contributed by atoms with Gasteiger partial charge in [0.05, 0.1) is 25.9 Å². The summed E-state index contributed by atoms with van der Waals surface area (Å²) in [5.41, 5.74) is 0.412. The highest BCUT2D eigenvalue weighted by molar-refractivity contribution is 5.95. The Morgan fingerprint density at radius 2 is 2.08 bits per heavy atom. The number of methoxy groups -OCH3 is 2. The average molecular weight is 366 g/mol. The SMILES string of the molecule is CCOc1ccc(C(=O)N[C@@H]2CCN(C(=O)COC)C[C@H]2O)cc1OC. The first kappa shape index (κ1) is 20.0. The van der Waals surface area contributed by atoms with E-state index in [1.54, 1.807) is 18.2 Å². The molecule has 0 bridgehead atoms. The third-order valence-electron chi connectivity index (χ3n) is 4.24. The van der Waals surface area contributed by atoms with Crippen molar-refractivity contribution >= 4 is 11.8 Å². The van der Waals surface area contributed by atoms with E-state index in [0.717, 1.165) is 0 Å². The first-order chi connectivity index (χ1) is 12.5. The maximum atomic E-state index is 12.5. The summed E-state index contributed by atoms with van der Waals surface area (Å²) >= 11 is 0. The van der Waals surface area contributed by atoms with Gasteiger partial charge in [-0.15, -0.1) is 0 Å². The number of β-amino-alcohol motifs (C(OH)–C–C–N with tert-alkyl or cyclic N) is 1. The Morgan fingerprint density at radius 1 is 1.31 bits per heavy atom. The van der Waals surface area contributed by atoms with Crippen molar-refractivity contribution in [3.63, 3.8) is 0 Å². The molecule has 0 spiro atoms. The van der Waals surface area contributed by atoms with Crippen LogP contribution in [0.15, 0.2) is 18.2 Å². The van der Waals surface area contributed by atoms with Crippen molar-refractivity contribution in [1.29, 1.82) is 0 Å². The molecule has 2 atom stereocenters. The molecule has 2 N–H and O–H groups in total. The molecule has 0 unspecified atom stereocenters. The zero-order valence-corrected chi connectivity index (χ0v) is 15.4. The van der Waals surface area contributed by atoms with Gasteiger partial charge in [-0.1, -0.05) is 0 Å². The third kappa shape index (κ3) is 4.86. The number of ether oxygens (including phenoxy) is 3. The largest absolute Gasteiger partial charge is 0.493 e. The minimum Gasteiger partial charge on any atom is -0.493 e. The molecular formula is C18H26N2O6. The van der Waals surface area contributed by atoms with E-state index in [4.69, 9.17) is 14.2 Å². The van der Waals surface area contributed by atoms with E-state index in [2.05, 4.69) is 5.32 Å². The minimum atomic E-state index is -0.835. The lowest BCUT2D eigenvalue weighted by Crippen LogP contribution is -2.55. The number of amides is 2. The normalized spacial score (nSPS) is 19.8. The van der Waals surface area contributed by atoms with Crippen LogP contribution in [0.25, 0.3) is 0 Å². The molecule has 2 rings (SSSR count). The molecule has 8 nitrogen and oxygen atoms in total. The molecule has 144 valence electrons. The second-order valence-electron chi connectivity index (χ2n) is 6.01. The molecule has 2 amide bonds. The number of benzene rings is 1. The second-order valence-corrected chi connectivity index (χ2v) is 6.01. The summed E-state index contributed by atoms with van der Waals surface area (Å²) in [6, 6.07) is 4.50. The van der Waals surface area contributed by atoms with Gasteiger partial charge < -0.3 is 29.5 Å². The highest BCUT2D eigenvalue weighted by Crippen LogP contribution is 2.28. The van der Waals surface area contributed by atoms with Gasteiger partial charge in [0.2, 0.25) is 5.91 Å². The van der Waals surface area contributed by atoms with Crippen LogP contribution < -0.4 is 14.8 Å². The maximum Gasteiger partial charge on any atom is 0.251 e. The smallest absolute Gasteiger partial charge is 0.251 e. The van der Waals surface area contributed by atoms with Crippen molar-refractivity contribution in [1.82, 2.24) is 10.2 Å². The molecule has 8 heteroatoms. The minimum absolute atomic E-state index is 0.0181. The highest BCUT2D eigenvalue weighted by Gasteiger charge is 2.31. The van der Waals surface area contributed by atoms with Crippen LogP contribution in [0.5, 0.6) is 11.5 Å². The summed E-state index contributed by atoms with van der Waals surface area (Å²) in [5, 5.41) is 13.1. The van der Waals surface area contributed by atoms with Crippen molar-refractivity contribution in [3.8, 4) is 11.5 Å². The molecule has 1 aromatic carbocycles. The molecule has 26 heavy (non-hydrogen) atoms.